The van der Waals surface area contributed by atoms with Crippen LogP contribution in [-0.4, -0.2) is 75.1 Å². The number of aliphatic imine (C=N–C) groups is 1. The Morgan fingerprint density at radius 1 is 1.10 bits per heavy atom. The van der Waals surface area contributed by atoms with Gasteiger partial charge in [0.15, 0.2) is 0 Å². The molecule has 0 spiro atoms. The number of hydrogen-bond donors (Lipinski definition) is 1. The van der Waals surface area contributed by atoms with Gasteiger partial charge >= 0.3 is 0 Å². The number of hydrogen-bond acceptors (Lipinski definition) is 7. The Bertz CT molecular complexity index is 902. The predicted molar refractivity (Wildman–Crippen MR) is 120 cm³/mol. The van der Waals surface area contributed by atoms with Crippen LogP contribution in [0.4, 0.5) is 0 Å². The second-order valence-electron chi connectivity index (χ2n) is 8.25. The molecule has 1 saturated carbocycles. The molecule has 8 nitrogen and oxygen atoms in total. The lowest BCUT2D eigenvalue weighted by atomic mass is 10.2. The number of sulfonamides is 1. The molecule has 0 amide bonds. The first kappa shape index (κ1) is 22.3. The van der Waals surface area contributed by atoms with Gasteiger partial charge in [0.25, 0.3) is 0 Å². The molecule has 31 heavy (non-hydrogen) atoms. The Labute approximate surface area is 185 Å². The number of piperazine rings is 1. The van der Waals surface area contributed by atoms with Gasteiger partial charge in [0, 0.05) is 32.4 Å². The minimum absolute atomic E-state index is 0.0606. The first-order valence-electron chi connectivity index (χ1n) is 11.0. The Balaban J connectivity index is 1.32. The Hall–Kier alpha value is -1.94. The fourth-order valence-electron chi connectivity index (χ4n) is 4.37. The molecule has 1 aromatic carbocycles. The quantitative estimate of drug-likeness (QED) is 0.689. The van der Waals surface area contributed by atoms with Crippen molar-refractivity contribution in [3.05, 3.63) is 36.5 Å². The molecule has 3 aliphatic rings. The fraction of sp³-hybridized carbons (Fsp3) is 0.591. The molecule has 4 rings (SSSR count). The average Bonchev–Trinajstić information content (AvgIpc) is 3.32. The maximum atomic E-state index is 13.0. The third-order valence-corrected chi connectivity index (χ3v) is 8.23. The van der Waals surface area contributed by atoms with Gasteiger partial charge in [0.1, 0.15) is 17.8 Å². The number of nitrogens with one attached hydrogen (secondary N) is 1. The number of rotatable bonds is 7. The number of nitrogens with zero attached hydrogens (tertiary/aromatic N) is 3. The summed E-state index contributed by atoms with van der Waals surface area (Å²) in [5, 5.41) is 3.41. The second-order valence-corrected chi connectivity index (χ2v) is 10.2. The highest BCUT2D eigenvalue weighted by atomic mass is 32.2. The largest absolute Gasteiger partial charge is 0.497 e. The van der Waals surface area contributed by atoms with Crippen LogP contribution in [0.2, 0.25) is 0 Å². The predicted octanol–water partition coefficient (Wildman–Crippen LogP) is 2.19. The number of methoxy groups -OCH3 is 1. The summed E-state index contributed by atoms with van der Waals surface area (Å²) >= 11 is 0. The summed E-state index contributed by atoms with van der Waals surface area (Å²) in [7, 11) is -1.95. The van der Waals surface area contributed by atoms with E-state index in [0.717, 1.165) is 18.7 Å². The van der Waals surface area contributed by atoms with Crippen molar-refractivity contribution in [2.45, 2.75) is 55.9 Å². The number of ether oxygens (including phenoxy) is 2. The van der Waals surface area contributed by atoms with Crippen LogP contribution in [0, 0.1) is 0 Å². The van der Waals surface area contributed by atoms with Gasteiger partial charge in [-0.05, 0) is 50.1 Å². The molecule has 0 radical (unpaired) electrons. The van der Waals surface area contributed by atoms with Crippen molar-refractivity contribution in [1.82, 2.24) is 14.5 Å². The van der Waals surface area contributed by atoms with E-state index in [4.69, 9.17) is 9.47 Å². The smallest absolute Gasteiger partial charge is 0.243 e. The Kier molecular flexibility index (Phi) is 6.95. The summed E-state index contributed by atoms with van der Waals surface area (Å²) in [6, 6.07) is 6.61. The van der Waals surface area contributed by atoms with Crippen LogP contribution in [0.1, 0.15) is 32.6 Å². The van der Waals surface area contributed by atoms with Crippen LogP contribution >= 0.6 is 0 Å². The summed E-state index contributed by atoms with van der Waals surface area (Å²) in [6.07, 6.45) is 8.67. The molecule has 2 atom stereocenters. The van der Waals surface area contributed by atoms with Gasteiger partial charge in [-0.1, -0.05) is 12.8 Å². The van der Waals surface area contributed by atoms with Crippen molar-refractivity contribution in [2.24, 2.45) is 4.99 Å². The molecule has 1 aromatic rings. The SMILES string of the molecule is COc1ccc(S(=O)(=O)N2CCN(C(C)C3=NC=CC(OC4CCCC4)N3)CC2)cc1. The zero-order valence-corrected chi connectivity index (χ0v) is 19.1. The Morgan fingerprint density at radius 2 is 1.77 bits per heavy atom. The molecule has 2 aliphatic heterocycles. The van der Waals surface area contributed by atoms with E-state index in [-0.39, 0.29) is 12.3 Å². The van der Waals surface area contributed by atoms with Crippen LogP contribution in [-0.2, 0) is 14.8 Å². The first-order chi connectivity index (χ1) is 15.0. The first-order valence-corrected chi connectivity index (χ1v) is 12.5. The van der Waals surface area contributed by atoms with Gasteiger partial charge in [-0.15, -0.1) is 0 Å². The molecule has 9 heteroatoms. The van der Waals surface area contributed by atoms with Crippen LogP contribution in [0.5, 0.6) is 5.75 Å². The summed E-state index contributed by atoms with van der Waals surface area (Å²) < 4.78 is 38.8. The molecule has 2 heterocycles. The van der Waals surface area contributed by atoms with Gasteiger partial charge in [-0.2, -0.15) is 4.31 Å². The van der Waals surface area contributed by atoms with Crippen LogP contribution in [0.15, 0.2) is 46.4 Å². The van der Waals surface area contributed by atoms with Crippen LogP contribution in [0.25, 0.3) is 0 Å². The van der Waals surface area contributed by atoms with Gasteiger partial charge in [-0.25, -0.2) is 13.4 Å². The standard InChI is InChI=1S/C22H32N4O4S/c1-17(22-23-12-11-21(24-22)30-19-5-3-4-6-19)25-13-15-26(16-14-25)31(27,28)20-9-7-18(29-2)8-10-20/h7-12,17,19,21H,3-6,13-16H2,1-2H3,(H,23,24). The summed E-state index contributed by atoms with van der Waals surface area (Å²) in [5.41, 5.74) is 0. The minimum Gasteiger partial charge on any atom is -0.497 e. The van der Waals surface area contributed by atoms with Gasteiger partial charge in [0.2, 0.25) is 10.0 Å². The lowest BCUT2D eigenvalue weighted by Gasteiger charge is -2.38. The second kappa shape index (κ2) is 9.68. The van der Waals surface area contributed by atoms with Crippen LogP contribution < -0.4 is 10.1 Å². The molecule has 0 aromatic heterocycles. The molecular weight excluding hydrogens is 416 g/mol. The van der Waals surface area contributed by atoms with E-state index in [1.807, 2.05) is 12.3 Å². The Morgan fingerprint density at radius 3 is 2.42 bits per heavy atom. The zero-order valence-electron chi connectivity index (χ0n) is 18.2. The maximum Gasteiger partial charge on any atom is 0.243 e. The van der Waals surface area contributed by atoms with Crippen molar-refractivity contribution < 1.29 is 17.9 Å². The highest BCUT2D eigenvalue weighted by Gasteiger charge is 2.32. The van der Waals surface area contributed by atoms with E-state index in [0.29, 0.717) is 42.9 Å². The molecule has 0 bridgehead atoms. The number of amidine groups is 1. The molecule has 1 aliphatic carbocycles. The third-order valence-electron chi connectivity index (χ3n) is 6.32. The van der Waals surface area contributed by atoms with Crippen molar-refractivity contribution in [3.63, 3.8) is 0 Å². The normalized spacial score (nSPS) is 24.6. The topological polar surface area (TPSA) is 83.5 Å². The van der Waals surface area contributed by atoms with Crippen molar-refractivity contribution in [1.29, 1.82) is 0 Å². The van der Waals surface area contributed by atoms with E-state index in [1.54, 1.807) is 35.7 Å². The van der Waals surface area contributed by atoms with Gasteiger partial charge in [0.05, 0.1) is 24.2 Å². The van der Waals surface area contributed by atoms with Crippen molar-refractivity contribution in [2.75, 3.05) is 33.3 Å². The highest BCUT2D eigenvalue weighted by Crippen LogP contribution is 2.23. The lowest BCUT2D eigenvalue weighted by molar-refractivity contribution is 0.00852. The van der Waals surface area contributed by atoms with E-state index < -0.39 is 10.0 Å². The van der Waals surface area contributed by atoms with Gasteiger partial charge < -0.3 is 14.8 Å². The molecule has 2 fully saturated rings. The molecule has 2 unspecified atom stereocenters. The van der Waals surface area contributed by atoms with E-state index in [1.165, 1.54) is 12.8 Å². The fourth-order valence-corrected chi connectivity index (χ4v) is 5.80. The summed E-state index contributed by atoms with van der Waals surface area (Å²) in [6.45, 7) is 4.29. The molecular formula is C22H32N4O4S. The summed E-state index contributed by atoms with van der Waals surface area (Å²) in [5.74, 6) is 1.51. The number of benzene rings is 1. The zero-order chi connectivity index (χ0) is 21.8. The van der Waals surface area contributed by atoms with Gasteiger partial charge in [-0.3, -0.25) is 4.90 Å². The molecule has 1 N–H and O–H groups in total. The van der Waals surface area contributed by atoms with E-state index in [2.05, 4.69) is 22.1 Å². The lowest BCUT2D eigenvalue weighted by Crippen LogP contribution is -2.56. The minimum atomic E-state index is -3.51. The monoisotopic (exact) mass is 448 g/mol. The van der Waals surface area contributed by atoms with E-state index in [9.17, 15) is 8.42 Å². The van der Waals surface area contributed by atoms with Crippen molar-refractivity contribution in [3.8, 4) is 5.75 Å². The molecule has 170 valence electrons. The average molecular weight is 449 g/mol. The maximum absolute atomic E-state index is 13.0. The van der Waals surface area contributed by atoms with E-state index >= 15 is 0 Å². The summed E-state index contributed by atoms with van der Waals surface area (Å²) in [4.78, 5) is 7.08. The third kappa shape index (κ3) is 5.11. The van der Waals surface area contributed by atoms with Crippen molar-refractivity contribution >= 4 is 15.9 Å². The molecule has 1 saturated heterocycles. The van der Waals surface area contributed by atoms with Crippen LogP contribution in [0.3, 0.4) is 0 Å². The highest BCUT2D eigenvalue weighted by molar-refractivity contribution is 7.89.